The molecule has 1 heterocycles. The van der Waals surface area contributed by atoms with Gasteiger partial charge in [-0.3, -0.25) is 0 Å². The molecule has 0 aliphatic heterocycles. The lowest BCUT2D eigenvalue weighted by Gasteiger charge is -2.35. The zero-order valence-electron chi connectivity index (χ0n) is 31.5. The molecule has 2 aliphatic carbocycles. The number of benzene rings is 9. The molecule has 0 saturated carbocycles. The van der Waals surface area contributed by atoms with E-state index >= 15 is 0 Å². The van der Waals surface area contributed by atoms with Gasteiger partial charge in [0.1, 0.15) is 10.8 Å². The molecular weight excluding hydrogens is 703 g/mol. The Bertz CT molecular complexity index is 2990. The summed E-state index contributed by atoms with van der Waals surface area (Å²) in [6, 6.07) is 76.5. The Balaban J connectivity index is 1.25. The van der Waals surface area contributed by atoms with E-state index in [-0.39, 0.29) is 0 Å². The molecule has 10 aromatic rings. The summed E-state index contributed by atoms with van der Waals surface area (Å²) in [6.45, 7) is 0. The van der Waals surface area contributed by atoms with Crippen molar-refractivity contribution in [3.63, 3.8) is 0 Å². The van der Waals surface area contributed by atoms with Crippen molar-refractivity contribution in [2.75, 3.05) is 0 Å². The van der Waals surface area contributed by atoms with Gasteiger partial charge in [-0.15, -0.1) is 0 Å². The summed E-state index contributed by atoms with van der Waals surface area (Å²) >= 11 is 0. The Hall–Kier alpha value is -7.49. The van der Waals surface area contributed by atoms with Gasteiger partial charge >= 0.3 is 0 Å². The Kier molecular flexibility index (Phi) is 7.06. The third kappa shape index (κ3) is 4.41. The molecule has 0 fully saturated rings. The van der Waals surface area contributed by atoms with Gasteiger partial charge in [0.2, 0.25) is 0 Å². The maximum Gasteiger partial charge on any atom is 0.163 e. The van der Waals surface area contributed by atoms with Crippen LogP contribution in [0.15, 0.2) is 212 Å². The summed E-state index contributed by atoms with van der Waals surface area (Å²) in [7, 11) is 0. The van der Waals surface area contributed by atoms with E-state index in [1.165, 1.54) is 38.4 Å². The SMILES string of the molecule is c1ccc(C2(c3nc(-c4ccc5c(ccc6ccccc65)c4)nc(C4(c5ccccc5)c5ccccc5-c5ccccc54)n3)c3ccccc3-c3ccccc32)cc1. The third-order valence-electron chi connectivity index (χ3n) is 12.6. The minimum absolute atomic E-state index is 0.643. The number of fused-ring (bicyclic) bond motifs is 9. The Morgan fingerprint density at radius 3 is 1.19 bits per heavy atom. The van der Waals surface area contributed by atoms with E-state index in [0.29, 0.717) is 17.5 Å². The predicted molar refractivity (Wildman–Crippen MR) is 235 cm³/mol. The molecule has 58 heavy (non-hydrogen) atoms. The molecule has 0 radical (unpaired) electrons. The topological polar surface area (TPSA) is 38.7 Å². The minimum atomic E-state index is -0.830. The second kappa shape index (κ2) is 12.5. The fraction of sp³-hybridized carbons (Fsp3) is 0.0364. The van der Waals surface area contributed by atoms with Crippen LogP contribution < -0.4 is 0 Å². The van der Waals surface area contributed by atoms with Gasteiger partial charge in [0.05, 0.1) is 0 Å². The van der Waals surface area contributed by atoms with E-state index in [1.54, 1.807) is 0 Å². The van der Waals surface area contributed by atoms with Crippen molar-refractivity contribution in [2.45, 2.75) is 10.8 Å². The van der Waals surface area contributed by atoms with Crippen LogP contribution in [0.2, 0.25) is 0 Å². The monoisotopic (exact) mass is 737 g/mol. The second-order valence-electron chi connectivity index (χ2n) is 15.4. The van der Waals surface area contributed by atoms with Crippen molar-refractivity contribution in [2.24, 2.45) is 0 Å². The molecule has 0 N–H and O–H groups in total. The van der Waals surface area contributed by atoms with Crippen LogP contribution in [0, 0.1) is 0 Å². The lowest BCUT2D eigenvalue weighted by molar-refractivity contribution is 0.631. The summed E-state index contributed by atoms with van der Waals surface area (Å²) in [5.41, 5.74) is 10.9. The quantitative estimate of drug-likeness (QED) is 0.165. The van der Waals surface area contributed by atoms with E-state index in [0.717, 1.165) is 44.3 Å². The third-order valence-corrected chi connectivity index (χ3v) is 12.6. The molecule has 9 aromatic carbocycles. The van der Waals surface area contributed by atoms with Gasteiger partial charge in [-0.25, -0.2) is 15.0 Å². The highest BCUT2D eigenvalue weighted by Crippen LogP contribution is 2.58. The van der Waals surface area contributed by atoms with Gasteiger partial charge in [0.15, 0.2) is 17.5 Å². The van der Waals surface area contributed by atoms with E-state index < -0.39 is 10.8 Å². The molecule has 1 aromatic heterocycles. The highest BCUT2D eigenvalue weighted by molar-refractivity contribution is 6.08. The average Bonchev–Trinajstić information content (AvgIpc) is 3.78. The smallest absolute Gasteiger partial charge is 0.163 e. The van der Waals surface area contributed by atoms with Crippen LogP contribution in [-0.4, -0.2) is 15.0 Å². The fourth-order valence-electron chi connectivity index (χ4n) is 10.2. The van der Waals surface area contributed by atoms with Gasteiger partial charge in [-0.2, -0.15) is 0 Å². The highest BCUT2D eigenvalue weighted by atomic mass is 15.1. The molecule has 3 nitrogen and oxygen atoms in total. The van der Waals surface area contributed by atoms with Crippen LogP contribution in [0.1, 0.15) is 45.0 Å². The molecule has 0 amide bonds. The van der Waals surface area contributed by atoms with E-state index in [1.807, 2.05) is 0 Å². The van der Waals surface area contributed by atoms with Crippen molar-refractivity contribution in [3.8, 4) is 33.6 Å². The van der Waals surface area contributed by atoms with Crippen molar-refractivity contribution in [3.05, 3.63) is 257 Å². The zero-order chi connectivity index (χ0) is 38.3. The molecular formula is C55H35N3. The standard InChI is InChI=1S/C55H35N3/c1-3-18-39(19-4-1)54(47-27-13-9-23-43(47)44-24-10-14-28-48(44)54)52-56-51(38-33-34-42-37(35-38)32-31-36-17-7-8-22-41(36)42)57-53(58-52)55(40-20-5-2-6-21-40)49-29-15-11-25-45(49)46-26-12-16-30-50(46)55/h1-35H. The van der Waals surface area contributed by atoms with Gasteiger partial charge in [0.25, 0.3) is 0 Å². The molecule has 0 spiro atoms. The molecule has 2 aliphatic rings. The van der Waals surface area contributed by atoms with Crippen LogP contribution >= 0.6 is 0 Å². The van der Waals surface area contributed by atoms with Crippen molar-refractivity contribution in [1.29, 1.82) is 0 Å². The normalized spacial score (nSPS) is 14.1. The Morgan fingerprint density at radius 1 is 0.293 bits per heavy atom. The average molecular weight is 738 g/mol. The first-order valence-corrected chi connectivity index (χ1v) is 19.9. The molecule has 270 valence electrons. The van der Waals surface area contributed by atoms with Crippen LogP contribution in [0.25, 0.3) is 55.2 Å². The fourth-order valence-corrected chi connectivity index (χ4v) is 10.2. The van der Waals surface area contributed by atoms with Crippen molar-refractivity contribution < 1.29 is 0 Å². The number of hydrogen-bond acceptors (Lipinski definition) is 3. The van der Waals surface area contributed by atoms with E-state index in [2.05, 4.69) is 212 Å². The second-order valence-corrected chi connectivity index (χ2v) is 15.4. The molecule has 12 rings (SSSR count). The molecule has 0 bridgehead atoms. The first-order chi connectivity index (χ1) is 28.8. The maximum absolute atomic E-state index is 5.90. The number of hydrogen-bond donors (Lipinski definition) is 0. The Labute approximate surface area is 337 Å². The van der Waals surface area contributed by atoms with Crippen LogP contribution in [0.4, 0.5) is 0 Å². The van der Waals surface area contributed by atoms with Gasteiger partial charge in [-0.1, -0.05) is 206 Å². The molecule has 3 heteroatoms. The number of nitrogens with zero attached hydrogens (tertiary/aromatic N) is 3. The van der Waals surface area contributed by atoms with Crippen molar-refractivity contribution >= 4 is 21.5 Å². The maximum atomic E-state index is 5.90. The summed E-state index contributed by atoms with van der Waals surface area (Å²) in [6.07, 6.45) is 0. The molecule has 0 atom stereocenters. The predicted octanol–water partition coefficient (Wildman–Crippen LogP) is 12.6. The largest absolute Gasteiger partial charge is 0.215 e. The minimum Gasteiger partial charge on any atom is -0.215 e. The van der Waals surface area contributed by atoms with Crippen molar-refractivity contribution in [1.82, 2.24) is 15.0 Å². The summed E-state index contributed by atoms with van der Waals surface area (Å²) in [4.78, 5) is 17.3. The van der Waals surface area contributed by atoms with E-state index in [9.17, 15) is 0 Å². The van der Waals surface area contributed by atoms with Crippen LogP contribution in [0.5, 0.6) is 0 Å². The summed E-state index contributed by atoms with van der Waals surface area (Å²) in [5.74, 6) is 2.04. The number of rotatable bonds is 5. The zero-order valence-corrected chi connectivity index (χ0v) is 31.5. The van der Waals surface area contributed by atoms with Gasteiger partial charge in [0, 0.05) is 5.56 Å². The Morgan fingerprint density at radius 2 is 0.690 bits per heavy atom. The first kappa shape index (κ1) is 32.7. The first-order valence-electron chi connectivity index (χ1n) is 19.9. The summed E-state index contributed by atoms with van der Waals surface area (Å²) in [5, 5.41) is 4.80. The van der Waals surface area contributed by atoms with Gasteiger partial charge < -0.3 is 0 Å². The van der Waals surface area contributed by atoms with Crippen LogP contribution in [-0.2, 0) is 10.8 Å². The highest BCUT2D eigenvalue weighted by Gasteiger charge is 2.52. The van der Waals surface area contributed by atoms with Gasteiger partial charge in [-0.05, 0) is 83.2 Å². The lowest BCUT2D eigenvalue weighted by atomic mass is 9.70. The number of aromatic nitrogens is 3. The van der Waals surface area contributed by atoms with Crippen LogP contribution in [0.3, 0.4) is 0 Å². The summed E-state index contributed by atoms with van der Waals surface area (Å²) < 4.78 is 0. The van der Waals surface area contributed by atoms with E-state index in [4.69, 9.17) is 15.0 Å². The molecule has 0 saturated heterocycles. The lowest BCUT2D eigenvalue weighted by Crippen LogP contribution is -2.36. The molecule has 0 unspecified atom stereocenters.